The highest BCUT2D eigenvalue weighted by Crippen LogP contribution is 2.40. The SMILES string of the molecule is c1ccc(-c2ccc(-c3nc(-c4ccc5c(c4)oc4cccc(-n6c7ccccc7c7ccccc76)c45)nc(-n4c5ccccc5c5ccccc54)n3)cc2)cc1. The quantitative estimate of drug-likeness (QED) is 0.177. The van der Waals surface area contributed by atoms with E-state index >= 15 is 0 Å². The Morgan fingerprint density at radius 1 is 0.333 bits per heavy atom. The van der Waals surface area contributed by atoms with Crippen molar-refractivity contribution in [2.24, 2.45) is 0 Å². The van der Waals surface area contributed by atoms with Gasteiger partial charge in [-0.3, -0.25) is 4.57 Å². The molecule has 4 aromatic heterocycles. The van der Waals surface area contributed by atoms with Crippen LogP contribution in [-0.2, 0) is 0 Å². The van der Waals surface area contributed by atoms with Gasteiger partial charge < -0.3 is 8.98 Å². The zero-order valence-electron chi connectivity index (χ0n) is 30.5. The molecular formula is C51H31N5O. The van der Waals surface area contributed by atoms with Gasteiger partial charge in [-0.1, -0.05) is 140 Å². The third-order valence-electron chi connectivity index (χ3n) is 11.2. The normalized spacial score (nSPS) is 11.9. The maximum absolute atomic E-state index is 6.68. The lowest BCUT2D eigenvalue weighted by Gasteiger charge is -2.11. The Labute approximate surface area is 326 Å². The van der Waals surface area contributed by atoms with Gasteiger partial charge in [0, 0.05) is 38.1 Å². The molecule has 0 saturated carbocycles. The van der Waals surface area contributed by atoms with Crippen LogP contribution in [0.5, 0.6) is 0 Å². The van der Waals surface area contributed by atoms with Gasteiger partial charge in [0.2, 0.25) is 5.95 Å². The smallest absolute Gasteiger partial charge is 0.238 e. The molecule has 0 saturated heterocycles. The van der Waals surface area contributed by atoms with Gasteiger partial charge in [0.1, 0.15) is 11.2 Å². The van der Waals surface area contributed by atoms with Crippen molar-refractivity contribution in [3.63, 3.8) is 0 Å². The third-order valence-corrected chi connectivity index (χ3v) is 11.2. The Hall–Kier alpha value is -7.83. The van der Waals surface area contributed by atoms with Crippen molar-refractivity contribution in [1.82, 2.24) is 24.1 Å². The molecular weight excluding hydrogens is 699 g/mol. The highest BCUT2D eigenvalue weighted by molar-refractivity contribution is 6.15. The maximum Gasteiger partial charge on any atom is 0.238 e. The first kappa shape index (κ1) is 31.5. The van der Waals surface area contributed by atoms with Crippen molar-refractivity contribution in [2.75, 3.05) is 0 Å². The third kappa shape index (κ3) is 4.87. The Bertz CT molecular complexity index is 3410. The van der Waals surface area contributed by atoms with E-state index in [0.717, 1.165) is 82.7 Å². The Kier molecular flexibility index (Phi) is 6.83. The number of hydrogen-bond acceptors (Lipinski definition) is 4. The lowest BCUT2D eigenvalue weighted by atomic mass is 10.0. The lowest BCUT2D eigenvalue weighted by molar-refractivity contribution is 0.669. The van der Waals surface area contributed by atoms with Crippen molar-refractivity contribution in [3.8, 4) is 45.5 Å². The summed E-state index contributed by atoms with van der Waals surface area (Å²) in [5.74, 6) is 1.71. The maximum atomic E-state index is 6.68. The number of nitrogens with zero attached hydrogens (tertiary/aromatic N) is 5. The van der Waals surface area contributed by atoms with Crippen LogP contribution >= 0.6 is 0 Å². The number of hydrogen-bond donors (Lipinski definition) is 0. The minimum Gasteiger partial charge on any atom is -0.456 e. The van der Waals surface area contributed by atoms with Gasteiger partial charge in [-0.25, -0.2) is 4.98 Å². The van der Waals surface area contributed by atoms with Crippen LogP contribution in [0.1, 0.15) is 0 Å². The standard InChI is InChI=1S/C51H31N5O/c1-2-13-32(14-3-1)33-25-27-34(28-26-33)49-52-50(54-51(53-49)56-43-21-10-6-17-38(43)39-18-7-11-22-44(39)56)35-29-30-40-47(31-35)57-46-24-12-23-45(48(40)46)55-41-19-8-4-15-36(41)37-16-5-9-20-42(37)55/h1-31H. The second kappa shape index (κ2) is 12.3. The molecule has 0 atom stereocenters. The van der Waals surface area contributed by atoms with Gasteiger partial charge in [-0.05, 0) is 59.7 Å². The molecule has 0 aliphatic carbocycles. The Balaban J connectivity index is 1.06. The molecule has 0 amide bonds. The summed E-state index contributed by atoms with van der Waals surface area (Å²) in [4.78, 5) is 15.5. The topological polar surface area (TPSA) is 61.7 Å². The molecule has 6 heteroatoms. The predicted molar refractivity (Wildman–Crippen MR) is 232 cm³/mol. The first-order chi connectivity index (χ1) is 28.3. The van der Waals surface area contributed by atoms with Crippen molar-refractivity contribution >= 4 is 65.6 Å². The molecule has 0 N–H and O–H groups in total. The summed E-state index contributed by atoms with van der Waals surface area (Å²) in [5.41, 5.74) is 11.1. The summed E-state index contributed by atoms with van der Waals surface area (Å²) < 4.78 is 11.2. The van der Waals surface area contributed by atoms with E-state index in [1.807, 2.05) is 12.1 Å². The molecule has 8 aromatic carbocycles. The van der Waals surface area contributed by atoms with E-state index < -0.39 is 0 Å². The number of rotatable bonds is 5. The second-order valence-electron chi connectivity index (χ2n) is 14.4. The van der Waals surface area contributed by atoms with Crippen LogP contribution in [0.15, 0.2) is 192 Å². The van der Waals surface area contributed by atoms with E-state index in [-0.39, 0.29) is 0 Å². The van der Waals surface area contributed by atoms with E-state index in [9.17, 15) is 0 Å². The largest absolute Gasteiger partial charge is 0.456 e. The molecule has 0 fully saturated rings. The van der Waals surface area contributed by atoms with Crippen LogP contribution in [0.2, 0.25) is 0 Å². The van der Waals surface area contributed by atoms with Crippen LogP contribution in [0.3, 0.4) is 0 Å². The average Bonchev–Trinajstić information content (AvgIpc) is 3.94. The summed E-state index contributed by atoms with van der Waals surface area (Å²) >= 11 is 0. The summed E-state index contributed by atoms with van der Waals surface area (Å²) in [5, 5.41) is 6.82. The fourth-order valence-corrected chi connectivity index (χ4v) is 8.62. The highest BCUT2D eigenvalue weighted by Gasteiger charge is 2.21. The van der Waals surface area contributed by atoms with Crippen LogP contribution in [0.4, 0.5) is 0 Å². The Morgan fingerprint density at radius 2 is 0.825 bits per heavy atom. The number of furan rings is 1. The summed E-state index contributed by atoms with van der Waals surface area (Å²) in [7, 11) is 0. The van der Waals surface area contributed by atoms with Gasteiger partial charge in [0.05, 0.1) is 33.1 Å². The van der Waals surface area contributed by atoms with E-state index in [2.05, 4.69) is 185 Å². The monoisotopic (exact) mass is 729 g/mol. The van der Waals surface area contributed by atoms with E-state index in [4.69, 9.17) is 19.4 Å². The van der Waals surface area contributed by atoms with Crippen molar-refractivity contribution in [1.29, 1.82) is 0 Å². The number of aromatic nitrogens is 5. The molecule has 0 spiro atoms. The fraction of sp³-hybridized carbons (Fsp3) is 0. The molecule has 12 rings (SSSR count). The predicted octanol–water partition coefficient (Wildman–Crippen LogP) is 13.0. The molecule has 57 heavy (non-hydrogen) atoms. The summed E-state index contributed by atoms with van der Waals surface area (Å²) in [6.45, 7) is 0. The molecule has 12 aromatic rings. The minimum atomic E-state index is 0.554. The minimum absolute atomic E-state index is 0.554. The van der Waals surface area contributed by atoms with E-state index in [1.54, 1.807) is 0 Å². The number of benzene rings is 8. The molecule has 0 aliphatic heterocycles. The fourth-order valence-electron chi connectivity index (χ4n) is 8.62. The van der Waals surface area contributed by atoms with Gasteiger partial charge in [-0.15, -0.1) is 0 Å². The lowest BCUT2D eigenvalue weighted by Crippen LogP contribution is -2.06. The van der Waals surface area contributed by atoms with Crippen LogP contribution in [0.25, 0.3) is 111 Å². The molecule has 0 aliphatic rings. The molecule has 0 bridgehead atoms. The molecule has 4 heterocycles. The summed E-state index contributed by atoms with van der Waals surface area (Å²) in [6, 6.07) is 65.5. The molecule has 6 nitrogen and oxygen atoms in total. The van der Waals surface area contributed by atoms with E-state index in [1.165, 1.54) is 10.8 Å². The van der Waals surface area contributed by atoms with Crippen LogP contribution in [0, 0.1) is 0 Å². The van der Waals surface area contributed by atoms with Gasteiger partial charge in [0.25, 0.3) is 0 Å². The first-order valence-electron chi connectivity index (χ1n) is 19.1. The van der Waals surface area contributed by atoms with Gasteiger partial charge in [0.15, 0.2) is 11.6 Å². The highest BCUT2D eigenvalue weighted by atomic mass is 16.3. The van der Waals surface area contributed by atoms with Crippen molar-refractivity contribution in [2.45, 2.75) is 0 Å². The second-order valence-corrected chi connectivity index (χ2v) is 14.4. The number of para-hydroxylation sites is 4. The molecule has 266 valence electrons. The zero-order valence-corrected chi connectivity index (χ0v) is 30.5. The van der Waals surface area contributed by atoms with Crippen LogP contribution < -0.4 is 0 Å². The van der Waals surface area contributed by atoms with Crippen molar-refractivity contribution < 1.29 is 4.42 Å². The van der Waals surface area contributed by atoms with Crippen LogP contribution in [-0.4, -0.2) is 24.1 Å². The number of fused-ring (bicyclic) bond motifs is 9. The molecule has 0 radical (unpaired) electrons. The summed E-state index contributed by atoms with van der Waals surface area (Å²) in [6.07, 6.45) is 0. The first-order valence-corrected chi connectivity index (χ1v) is 19.1. The van der Waals surface area contributed by atoms with Gasteiger partial charge >= 0.3 is 0 Å². The zero-order chi connectivity index (χ0) is 37.5. The van der Waals surface area contributed by atoms with E-state index in [0.29, 0.717) is 17.6 Å². The van der Waals surface area contributed by atoms with Gasteiger partial charge in [-0.2, -0.15) is 9.97 Å². The van der Waals surface area contributed by atoms with Crippen molar-refractivity contribution in [3.05, 3.63) is 188 Å². The Morgan fingerprint density at radius 3 is 1.44 bits per heavy atom. The average molecular weight is 730 g/mol. The molecule has 0 unspecified atom stereocenters.